The van der Waals surface area contributed by atoms with Crippen LogP contribution in [0, 0.1) is 0 Å². The van der Waals surface area contributed by atoms with Crippen molar-refractivity contribution in [2.24, 2.45) is 0 Å². The van der Waals surface area contributed by atoms with E-state index < -0.39 is 24.2 Å². The number of carbonyl (C=O) groups excluding carboxylic acids is 1. The maximum Gasteiger partial charge on any atom is 0.283 e. The van der Waals surface area contributed by atoms with Crippen LogP contribution in [0.2, 0.25) is 5.15 Å². The summed E-state index contributed by atoms with van der Waals surface area (Å²) >= 11 is 6.25. The molecule has 1 aliphatic heterocycles. The SMILES string of the molecule is O=C[C@H](c1ocnc1C(F)F)N1CCc2[nH]cnc2C1c1cc2cccc(Cl)n2n1. The second kappa shape index (κ2) is 7.29. The van der Waals surface area contributed by atoms with Gasteiger partial charge in [0.1, 0.15) is 17.5 Å². The normalized spacial score (nSPS) is 18.1. The predicted octanol–water partition coefficient (Wildman–Crippen LogP) is 3.52. The molecule has 5 rings (SSSR count). The maximum absolute atomic E-state index is 13.4. The van der Waals surface area contributed by atoms with Crippen molar-refractivity contribution in [3.05, 3.63) is 70.7 Å². The predicted molar refractivity (Wildman–Crippen MR) is 101 cm³/mol. The molecule has 0 bridgehead atoms. The van der Waals surface area contributed by atoms with Crippen molar-refractivity contribution in [3.8, 4) is 0 Å². The van der Waals surface area contributed by atoms with E-state index in [0.717, 1.165) is 17.6 Å². The molecule has 5 heterocycles. The van der Waals surface area contributed by atoms with E-state index in [0.29, 0.717) is 35.8 Å². The molecule has 0 amide bonds. The molecule has 154 valence electrons. The first-order chi connectivity index (χ1) is 14.6. The Morgan fingerprint density at radius 1 is 1.33 bits per heavy atom. The summed E-state index contributed by atoms with van der Waals surface area (Å²) in [5, 5.41) is 5.02. The molecule has 30 heavy (non-hydrogen) atoms. The molecule has 0 spiro atoms. The summed E-state index contributed by atoms with van der Waals surface area (Å²) in [7, 11) is 0. The van der Waals surface area contributed by atoms with Crippen LogP contribution in [0.3, 0.4) is 0 Å². The zero-order chi connectivity index (χ0) is 20.8. The van der Waals surface area contributed by atoms with Crippen LogP contribution >= 0.6 is 11.6 Å². The Kier molecular flexibility index (Phi) is 4.59. The number of hydrogen-bond acceptors (Lipinski definition) is 6. The van der Waals surface area contributed by atoms with E-state index in [1.165, 1.54) is 0 Å². The second-order valence-corrected chi connectivity index (χ2v) is 7.28. The molecule has 0 saturated heterocycles. The highest BCUT2D eigenvalue weighted by molar-refractivity contribution is 6.29. The third kappa shape index (κ3) is 2.91. The molecule has 11 heteroatoms. The van der Waals surface area contributed by atoms with Gasteiger partial charge in [0.05, 0.1) is 29.3 Å². The number of hydrogen-bond donors (Lipinski definition) is 1. The van der Waals surface area contributed by atoms with Gasteiger partial charge in [-0.1, -0.05) is 17.7 Å². The quantitative estimate of drug-likeness (QED) is 0.383. The lowest BCUT2D eigenvalue weighted by Crippen LogP contribution is -2.40. The van der Waals surface area contributed by atoms with Gasteiger partial charge in [-0.05, 0) is 18.2 Å². The van der Waals surface area contributed by atoms with Crippen molar-refractivity contribution < 1.29 is 18.0 Å². The number of rotatable bonds is 5. The van der Waals surface area contributed by atoms with Gasteiger partial charge < -0.3 is 14.2 Å². The fraction of sp³-hybridized carbons (Fsp3) is 0.263. The lowest BCUT2D eigenvalue weighted by Gasteiger charge is -2.36. The van der Waals surface area contributed by atoms with Crippen LogP contribution < -0.4 is 0 Å². The summed E-state index contributed by atoms with van der Waals surface area (Å²) in [4.78, 5) is 25.0. The maximum atomic E-state index is 13.4. The van der Waals surface area contributed by atoms with Gasteiger partial charge in [0.15, 0.2) is 17.8 Å². The summed E-state index contributed by atoms with van der Waals surface area (Å²) in [6.07, 6.45) is 0.775. The second-order valence-electron chi connectivity index (χ2n) is 6.89. The van der Waals surface area contributed by atoms with E-state index in [2.05, 4.69) is 20.1 Å². The Bertz CT molecular complexity index is 1220. The molecular weight excluding hydrogens is 418 g/mol. The molecule has 0 aliphatic carbocycles. The van der Waals surface area contributed by atoms with E-state index in [1.54, 1.807) is 27.9 Å². The fourth-order valence-corrected chi connectivity index (χ4v) is 4.19. The van der Waals surface area contributed by atoms with E-state index >= 15 is 0 Å². The Morgan fingerprint density at radius 2 is 2.20 bits per heavy atom. The molecule has 0 aromatic carbocycles. The summed E-state index contributed by atoms with van der Waals surface area (Å²) in [6, 6.07) is 5.56. The van der Waals surface area contributed by atoms with Gasteiger partial charge in [-0.15, -0.1) is 0 Å². The average Bonchev–Trinajstić information content (AvgIpc) is 3.47. The standard InChI is InChI=1S/C19H15ClF2N6O2/c20-14-3-1-2-10-6-12(26-28(10)14)17-15-11(23-8-24-15)4-5-27(17)13(7-29)18-16(19(21)22)25-9-30-18/h1-3,6-9,13,17,19H,4-5H2,(H,23,24)/t13-,17?/m1/s1. The van der Waals surface area contributed by atoms with Crippen LogP contribution in [0.25, 0.3) is 5.52 Å². The fourth-order valence-electron chi connectivity index (χ4n) is 3.98. The number of alkyl halides is 2. The van der Waals surface area contributed by atoms with Gasteiger partial charge in [0.25, 0.3) is 6.43 Å². The number of aromatic amines is 1. The highest BCUT2D eigenvalue weighted by Crippen LogP contribution is 2.40. The number of oxazole rings is 1. The molecule has 0 fully saturated rings. The van der Waals surface area contributed by atoms with E-state index in [4.69, 9.17) is 16.0 Å². The van der Waals surface area contributed by atoms with Crippen LogP contribution in [-0.4, -0.2) is 42.3 Å². The molecule has 2 atom stereocenters. The molecule has 1 N–H and O–H groups in total. The minimum Gasteiger partial charge on any atom is -0.446 e. The molecule has 1 unspecified atom stereocenters. The smallest absolute Gasteiger partial charge is 0.283 e. The first-order valence-electron chi connectivity index (χ1n) is 9.17. The van der Waals surface area contributed by atoms with Crippen molar-refractivity contribution in [3.63, 3.8) is 0 Å². The van der Waals surface area contributed by atoms with Crippen molar-refractivity contribution in [2.45, 2.75) is 24.9 Å². The van der Waals surface area contributed by atoms with Gasteiger partial charge >= 0.3 is 0 Å². The van der Waals surface area contributed by atoms with Crippen molar-refractivity contribution in [2.75, 3.05) is 6.54 Å². The third-order valence-corrected chi connectivity index (χ3v) is 5.57. The summed E-state index contributed by atoms with van der Waals surface area (Å²) in [6.45, 7) is 0.397. The Balaban J connectivity index is 1.65. The van der Waals surface area contributed by atoms with Gasteiger partial charge in [0, 0.05) is 18.7 Å². The molecule has 8 nitrogen and oxygen atoms in total. The Morgan fingerprint density at radius 3 is 2.97 bits per heavy atom. The number of aromatic nitrogens is 5. The number of pyridine rings is 1. The first-order valence-corrected chi connectivity index (χ1v) is 9.55. The third-order valence-electron chi connectivity index (χ3n) is 5.29. The van der Waals surface area contributed by atoms with Crippen LogP contribution in [0.15, 0.2) is 41.4 Å². The number of nitrogens with one attached hydrogen (secondary N) is 1. The number of carbonyl (C=O) groups is 1. The van der Waals surface area contributed by atoms with E-state index in [1.807, 2.05) is 12.1 Å². The number of imidazole rings is 1. The first kappa shape index (κ1) is 18.9. The van der Waals surface area contributed by atoms with Crippen molar-refractivity contribution in [1.29, 1.82) is 0 Å². The number of halogens is 3. The van der Waals surface area contributed by atoms with Gasteiger partial charge in [-0.3, -0.25) is 4.90 Å². The molecule has 0 radical (unpaired) electrons. The van der Waals surface area contributed by atoms with Crippen LogP contribution in [-0.2, 0) is 11.2 Å². The van der Waals surface area contributed by atoms with Crippen molar-refractivity contribution in [1.82, 2.24) is 29.5 Å². The highest BCUT2D eigenvalue weighted by atomic mass is 35.5. The lowest BCUT2D eigenvalue weighted by molar-refractivity contribution is -0.114. The molecule has 1 aliphatic rings. The number of H-pyrrole nitrogens is 1. The van der Waals surface area contributed by atoms with Gasteiger partial charge in [-0.25, -0.2) is 23.3 Å². The Hall–Kier alpha value is -3.11. The monoisotopic (exact) mass is 432 g/mol. The highest BCUT2D eigenvalue weighted by Gasteiger charge is 2.40. The van der Waals surface area contributed by atoms with Crippen LogP contribution in [0.1, 0.15) is 47.0 Å². The summed E-state index contributed by atoms with van der Waals surface area (Å²) < 4.78 is 33.6. The van der Waals surface area contributed by atoms with E-state index in [-0.39, 0.29) is 5.76 Å². The largest absolute Gasteiger partial charge is 0.446 e. The number of fused-ring (bicyclic) bond motifs is 2. The lowest BCUT2D eigenvalue weighted by atomic mass is 9.96. The summed E-state index contributed by atoms with van der Waals surface area (Å²) in [5.74, 6) is -0.175. The Labute approximate surface area is 173 Å². The van der Waals surface area contributed by atoms with Gasteiger partial charge in [0.2, 0.25) is 0 Å². The number of nitrogens with zero attached hydrogens (tertiary/aromatic N) is 5. The van der Waals surface area contributed by atoms with Gasteiger partial charge in [-0.2, -0.15) is 5.10 Å². The minimum atomic E-state index is -2.86. The van der Waals surface area contributed by atoms with Crippen molar-refractivity contribution >= 4 is 23.4 Å². The topological polar surface area (TPSA) is 92.3 Å². The molecule has 4 aromatic heterocycles. The minimum absolute atomic E-state index is 0.175. The zero-order valence-corrected chi connectivity index (χ0v) is 16.1. The number of aldehydes is 1. The summed E-state index contributed by atoms with van der Waals surface area (Å²) in [5.41, 5.74) is 2.37. The molecular formula is C19H15ClF2N6O2. The van der Waals surface area contributed by atoms with E-state index in [9.17, 15) is 13.6 Å². The molecule has 4 aromatic rings. The molecule has 0 saturated carbocycles. The van der Waals surface area contributed by atoms with Crippen LogP contribution in [0.5, 0.6) is 0 Å². The average molecular weight is 433 g/mol. The zero-order valence-electron chi connectivity index (χ0n) is 15.4. The van der Waals surface area contributed by atoms with Crippen LogP contribution in [0.4, 0.5) is 8.78 Å².